The van der Waals surface area contributed by atoms with Crippen molar-refractivity contribution in [2.24, 2.45) is 29.4 Å². The number of amides is 12. The average Bonchev–Trinajstić information content (AvgIpc) is 1.76. The van der Waals surface area contributed by atoms with Crippen molar-refractivity contribution in [3.63, 3.8) is 0 Å². The lowest BCUT2D eigenvalue weighted by atomic mass is 9.98. The third kappa shape index (κ3) is 23.6. The number of phenolic OH excluding ortho intramolecular Hbond substituents is 2. The predicted molar refractivity (Wildman–Crippen MR) is 385 cm³/mol. The summed E-state index contributed by atoms with van der Waals surface area (Å²) in [5.74, 6) is -10.8. The number of nitrogens with zero attached hydrogens (tertiary/aromatic N) is 2. The SMILES string of the molecule is CC(C)C[C@@H]1NC(=O)[C@H](C)NC(=O)[C@H](C(C)C)NC(=O)[C@@H](Cc2ccc(O)cc2)NC(=O)[C@@H]2CCCN2C(=O)[C@@H](Cc2ccccc2)NC(=O)[C@H](CC(C)C)NC(=O)[C@H](CCCN)NC(=O)[C@H](C(C)C)NC(=O)[C@@H](Cc2ccc(O)cc2)NC(=O)[C@@H]2CCCN2C(=O)[C@@H](Cc2ccccc2)NC1=O. The van der Waals surface area contributed by atoms with Crippen LogP contribution in [0.1, 0.15) is 136 Å². The normalized spacial score (nSPS) is 25.5. The molecule has 7 rings (SSSR count). The van der Waals surface area contributed by atoms with Crippen LogP contribution in [-0.4, -0.2) is 183 Å². The summed E-state index contributed by atoms with van der Waals surface area (Å²) >= 11 is 0. The molecule has 3 aliphatic rings. The maximum atomic E-state index is 15.2. The zero-order chi connectivity index (χ0) is 75.2. The smallest absolute Gasteiger partial charge is 0.246 e. The van der Waals surface area contributed by atoms with Gasteiger partial charge in [0.15, 0.2) is 0 Å². The van der Waals surface area contributed by atoms with E-state index in [1.807, 2.05) is 27.7 Å². The molecule has 4 aromatic rings. The van der Waals surface area contributed by atoms with Crippen LogP contribution in [-0.2, 0) is 83.2 Å². The molecular weight excluding hydrogens is 1320 g/mol. The average molecular weight is 1420 g/mol. The van der Waals surface area contributed by atoms with Crippen molar-refractivity contribution in [3.05, 3.63) is 131 Å². The fraction of sp³-hybridized carbons (Fsp3) is 0.526. The molecular formula is C76H105N13O14. The van der Waals surface area contributed by atoms with E-state index in [1.54, 1.807) is 113 Å². The molecule has 12 atom stereocenters. The first-order valence-corrected chi connectivity index (χ1v) is 36.0. The van der Waals surface area contributed by atoms with Crippen molar-refractivity contribution in [1.29, 1.82) is 0 Å². The number of hydrogen-bond acceptors (Lipinski definition) is 15. The predicted octanol–water partition coefficient (Wildman–Crippen LogP) is 2.37. The van der Waals surface area contributed by atoms with E-state index in [0.29, 0.717) is 35.1 Å². The van der Waals surface area contributed by atoms with E-state index >= 15 is 9.59 Å². The zero-order valence-corrected chi connectivity index (χ0v) is 60.5. The molecule has 0 aromatic heterocycles. The fourth-order valence-corrected chi connectivity index (χ4v) is 13.1. The second-order valence-electron chi connectivity index (χ2n) is 28.8. The van der Waals surface area contributed by atoms with E-state index in [4.69, 9.17) is 5.73 Å². The number of nitrogens with one attached hydrogen (secondary N) is 10. The van der Waals surface area contributed by atoms with Crippen LogP contribution in [0.4, 0.5) is 0 Å². The summed E-state index contributed by atoms with van der Waals surface area (Å²) in [7, 11) is 0. The largest absolute Gasteiger partial charge is 0.508 e. The van der Waals surface area contributed by atoms with Gasteiger partial charge in [-0.3, -0.25) is 57.5 Å². The van der Waals surface area contributed by atoms with E-state index in [9.17, 15) is 58.2 Å². The Bertz CT molecular complexity index is 3580. The van der Waals surface area contributed by atoms with Crippen molar-refractivity contribution < 1.29 is 67.7 Å². The molecule has 0 unspecified atom stereocenters. The minimum Gasteiger partial charge on any atom is -0.508 e. The Morgan fingerprint density at radius 1 is 0.379 bits per heavy atom. The summed E-state index contributed by atoms with van der Waals surface area (Å²) < 4.78 is 0. The minimum atomic E-state index is -1.41. The Labute approximate surface area is 602 Å². The van der Waals surface area contributed by atoms with Crippen LogP contribution >= 0.6 is 0 Å². The summed E-state index contributed by atoms with van der Waals surface area (Å²) in [6, 6.07) is 13.9. The van der Waals surface area contributed by atoms with E-state index < -0.39 is 155 Å². The Balaban J connectivity index is 1.28. The first kappa shape index (κ1) is 80.4. The van der Waals surface area contributed by atoms with Crippen LogP contribution in [0.15, 0.2) is 109 Å². The molecule has 558 valence electrons. The second-order valence-corrected chi connectivity index (χ2v) is 28.8. The number of hydrogen-bond donors (Lipinski definition) is 13. The molecule has 3 fully saturated rings. The summed E-state index contributed by atoms with van der Waals surface area (Å²) in [6.07, 6.45) is 0.939. The van der Waals surface area contributed by atoms with Crippen LogP contribution in [0, 0.1) is 23.7 Å². The van der Waals surface area contributed by atoms with Gasteiger partial charge in [0.25, 0.3) is 0 Å². The van der Waals surface area contributed by atoms with Crippen molar-refractivity contribution in [1.82, 2.24) is 63.0 Å². The van der Waals surface area contributed by atoms with Crippen LogP contribution in [0.3, 0.4) is 0 Å². The molecule has 0 bridgehead atoms. The Hall–Kier alpha value is -9.92. The summed E-state index contributed by atoms with van der Waals surface area (Å²) in [5, 5.41) is 48.5. The van der Waals surface area contributed by atoms with Crippen molar-refractivity contribution in [3.8, 4) is 11.5 Å². The van der Waals surface area contributed by atoms with Gasteiger partial charge in [-0.15, -0.1) is 0 Å². The van der Waals surface area contributed by atoms with Crippen molar-refractivity contribution in [2.45, 2.75) is 212 Å². The lowest BCUT2D eigenvalue weighted by Crippen LogP contribution is -2.62. The van der Waals surface area contributed by atoms with Gasteiger partial charge >= 0.3 is 0 Å². The molecule has 3 saturated heterocycles. The number of carbonyl (C=O) groups excluding carboxylic acids is 12. The summed E-state index contributed by atoms with van der Waals surface area (Å²) in [6.45, 7) is 15.6. The molecule has 0 spiro atoms. The number of aromatic hydroxyl groups is 2. The lowest BCUT2D eigenvalue weighted by molar-refractivity contribution is -0.143. The Morgan fingerprint density at radius 2 is 0.699 bits per heavy atom. The molecule has 0 saturated carbocycles. The van der Waals surface area contributed by atoms with Crippen LogP contribution in [0.2, 0.25) is 0 Å². The number of rotatable bonds is 17. The van der Waals surface area contributed by atoms with Gasteiger partial charge in [-0.25, -0.2) is 0 Å². The Morgan fingerprint density at radius 3 is 1.08 bits per heavy atom. The van der Waals surface area contributed by atoms with Gasteiger partial charge in [-0.1, -0.05) is 140 Å². The lowest BCUT2D eigenvalue weighted by Gasteiger charge is -2.32. The van der Waals surface area contributed by atoms with Gasteiger partial charge in [0.1, 0.15) is 84.0 Å². The highest BCUT2D eigenvalue weighted by Crippen LogP contribution is 2.25. The number of benzene rings is 4. The summed E-state index contributed by atoms with van der Waals surface area (Å²) in [4.78, 5) is 180. The van der Waals surface area contributed by atoms with Crippen molar-refractivity contribution >= 4 is 70.9 Å². The highest BCUT2D eigenvalue weighted by atomic mass is 16.3. The van der Waals surface area contributed by atoms with Crippen LogP contribution in [0.5, 0.6) is 11.5 Å². The zero-order valence-electron chi connectivity index (χ0n) is 60.5. The molecule has 3 heterocycles. The molecule has 103 heavy (non-hydrogen) atoms. The molecule has 0 radical (unpaired) electrons. The van der Waals surface area contributed by atoms with Gasteiger partial charge in [-0.2, -0.15) is 0 Å². The Kier molecular flexibility index (Phi) is 30.0. The number of nitrogens with two attached hydrogens (primary N) is 1. The number of phenols is 2. The summed E-state index contributed by atoms with van der Waals surface area (Å²) in [5.41, 5.74) is 8.29. The van der Waals surface area contributed by atoms with Gasteiger partial charge in [0.2, 0.25) is 70.9 Å². The van der Waals surface area contributed by atoms with Crippen LogP contribution in [0.25, 0.3) is 0 Å². The third-order valence-electron chi connectivity index (χ3n) is 18.7. The van der Waals surface area contributed by atoms with Crippen molar-refractivity contribution in [2.75, 3.05) is 19.6 Å². The van der Waals surface area contributed by atoms with E-state index in [0.717, 1.165) is 0 Å². The maximum absolute atomic E-state index is 15.2. The van der Waals surface area contributed by atoms with E-state index in [1.165, 1.54) is 41.0 Å². The van der Waals surface area contributed by atoms with Gasteiger partial charge in [0, 0.05) is 38.8 Å². The first-order chi connectivity index (χ1) is 49.0. The minimum absolute atomic E-state index is 0.0120. The maximum Gasteiger partial charge on any atom is 0.246 e. The molecule has 27 heteroatoms. The quantitative estimate of drug-likeness (QED) is 0.0722. The topological polar surface area (TPSA) is 398 Å². The molecule has 12 amide bonds. The monoisotopic (exact) mass is 1420 g/mol. The standard InChI is InChI=1S/C76H105N13O14/c1-43(2)37-55-67(94)84-59(41-48-19-12-10-13-20-48)75(102)88-35-17-25-62(88)72(99)83-58(40-51-28-32-53(91)33-29-51)70(97)87-64(46(7)8)74(101)79-54(23-16-34-77)66(93)81-56(38-44(3)4)68(95)85-60(42-49-21-14-11-15-22-49)76(103)89-36-18-24-61(89)71(98)82-57(39-50-26-30-52(90)31-27-50)69(96)86-63(45(5)6)73(100)78-47(9)65(92)80-55/h10-15,19-22,26-33,43-47,54-64,90-91H,16-18,23-25,34-42,77H2,1-9H3,(H,78,100)(H,79,101)(H,80,92)(H,81,93)(H,82,98)(H,83,99)(H,84,94)(H,85,95)(H,86,96)(H,87,97)/t47-,54-,55-,56-,57+,58+,59+,60+,61-,62-,63-,64-/m0/s1. The molecule has 3 aliphatic heterocycles. The van der Waals surface area contributed by atoms with Gasteiger partial charge in [0.05, 0.1) is 0 Å². The second kappa shape index (κ2) is 38.4. The molecule has 27 nitrogen and oxygen atoms in total. The molecule has 4 aromatic carbocycles. The van der Waals surface area contributed by atoms with Crippen LogP contribution < -0.4 is 58.9 Å². The molecule has 14 N–H and O–H groups in total. The highest BCUT2D eigenvalue weighted by molar-refractivity contribution is 6.01. The fourth-order valence-electron chi connectivity index (χ4n) is 13.1. The first-order valence-electron chi connectivity index (χ1n) is 36.0. The molecule has 0 aliphatic carbocycles. The number of carbonyl (C=O) groups is 12. The highest BCUT2D eigenvalue weighted by Gasteiger charge is 2.44. The van der Waals surface area contributed by atoms with E-state index in [2.05, 4.69) is 53.2 Å². The third-order valence-corrected chi connectivity index (χ3v) is 18.7. The van der Waals surface area contributed by atoms with Gasteiger partial charge in [-0.05, 0) is 135 Å². The van der Waals surface area contributed by atoms with Gasteiger partial charge < -0.3 is 78.9 Å². The van der Waals surface area contributed by atoms with E-state index in [-0.39, 0.29) is 107 Å². The number of fused-ring (bicyclic) bond motifs is 2.